The van der Waals surface area contributed by atoms with Gasteiger partial charge in [0.05, 0.1) is 0 Å². The highest BCUT2D eigenvalue weighted by molar-refractivity contribution is 5.85. The fourth-order valence-electron chi connectivity index (χ4n) is 12.6. The van der Waals surface area contributed by atoms with Crippen LogP contribution < -0.4 is 20.9 Å². The van der Waals surface area contributed by atoms with Crippen LogP contribution in [0.1, 0.15) is 88.5 Å². The van der Waals surface area contributed by atoms with Crippen LogP contribution in [0.5, 0.6) is 0 Å². The van der Waals surface area contributed by atoms with Crippen LogP contribution in [0.15, 0.2) is 217 Å². The van der Waals surface area contributed by atoms with Crippen LogP contribution in [-0.2, 0) is 5.41 Å². The first-order valence-corrected chi connectivity index (χ1v) is 24.2. The largest absolute Gasteiger partial charge is 0.0955 e. The Morgan fingerprint density at radius 2 is 1.22 bits per heavy atom. The van der Waals surface area contributed by atoms with Gasteiger partial charge < -0.3 is 0 Å². The third-order valence-electron chi connectivity index (χ3n) is 15.7. The van der Waals surface area contributed by atoms with Gasteiger partial charge in [-0.25, -0.2) is 0 Å². The second-order valence-corrected chi connectivity index (χ2v) is 19.8. The summed E-state index contributed by atoms with van der Waals surface area (Å²) in [5, 5.41) is 5.48. The van der Waals surface area contributed by atoms with Crippen molar-refractivity contribution in [2.75, 3.05) is 0 Å². The lowest BCUT2D eigenvalue weighted by molar-refractivity contribution is 0.651. The van der Waals surface area contributed by atoms with E-state index in [4.69, 9.17) is 6.58 Å². The molecule has 0 aliphatic heterocycles. The number of fused-ring (bicyclic) bond motifs is 5. The highest BCUT2D eigenvalue weighted by atomic mass is 14.4. The third kappa shape index (κ3) is 7.14. The third-order valence-corrected chi connectivity index (χ3v) is 15.7. The zero-order valence-corrected chi connectivity index (χ0v) is 38.6. The lowest BCUT2D eigenvalue weighted by Gasteiger charge is -2.34. The van der Waals surface area contributed by atoms with Crippen molar-refractivity contribution < 1.29 is 0 Å². The Morgan fingerprint density at radius 1 is 0.631 bits per heavy atom. The van der Waals surface area contributed by atoms with Crippen molar-refractivity contribution in [3.63, 3.8) is 0 Å². The van der Waals surface area contributed by atoms with Crippen LogP contribution in [-0.4, -0.2) is 0 Å². The average Bonchev–Trinajstić information content (AvgIpc) is 3.54. The first-order chi connectivity index (χ1) is 31.8. The topological polar surface area (TPSA) is 0 Å². The Hall–Kier alpha value is -6.50. The fraction of sp³-hybridized carbons (Fsp3) is 0.231. The van der Waals surface area contributed by atoms with Crippen LogP contribution in [0.2, 0.25) is 0 Å². The first-order valence-electron chi connectivity index (χ1n) is 24.2. The van der Waals surface area contributed by atoms with Crippen molar-refractivity contribution in [3.8, 4) is 0 Å². The van der Waals surface area contributed by atoms with Crippen molar-refractivity contribution in [2.45, 2.75) is 71.6 Å². The zero-order valence-electron chi connectivity index (χ0n) is 38.6. The maximum atomic E-state index is 4.87. The molecule has 65 heavy (non-hydrogen) atoms. The summed E-state index contributed by atoms with van der Waals surface area (Å²) in [5.41, 5.74) is 21.1. The van der Waals surface area contributed by atoms with E-state index in [1.807, 2.05) is 0 Å². The summed E-state index contributed by atoms with van der Waals surface area (Å²) in [6.45, 7) is 14.3. The summed E-state index contributed by atoms with van der Waals surface area (Å²) in [6, 6.07) is 36.8. The Morgan fingerprint density at radius 3 is 1.91 bits per heavy atom. The number of benzene rings is 4. The lowest BCUT2D eigenvalue weighted by Crippen LogP contribution is -2.40. The van der Waals surface area contributed by atoms with E-state index in [9.17, 15) is 0 Å². The molecule has 0 amide bonds. The second-order valence-electron chi connectivity index (χ2n) is 19.8. The van der Waals surface area contributed by atoms with Crippen molar-refractivity contribution in [1.29, 1.82) is 0 Å². The summed E-state index contributed by atoms with van der Waals surface area (Å²) in [5.74, 6) is 1.18. The summed E-state index contributed by atoms with van der Waals surface area (Å²) in [7, 11) is 0. The molecular weight excluding hydrogens is 781 g/mol. The molecule has 0 heterocycles. The molecule has 0 spiro atoms. The Balaban J connectivity index is 0.884. The van der Waals surface area contributed by atoms with E-state index in [1.165, 1.54) is 104 Å². The molecular formula is C65H60. The maximum Gasteiger partial charge on any atom is 0.0155 e. The van der Waals surface area contributed by atoms with E-state index in [-0.39, 0.29) is 17.3 Å². The number of hydrogen-bond donors (Lipinski definition) is 0. The standard InChI is InChI=1S/C65H60/c1-42(61-51-25-9-11-27-53(51)62(54-28-12-10-26-52(54)61)43(2)40-60-44(3)50-24-17-18-33-59(50)65(60,4)5)34-35-45-20-19-23-49(41-45)46-36-38-48(39-37-46)64-57-31-15-13-29-55(57)63(47-21-7-6-8-22-47)56-30-14-16-32-58(56)64/h6-7,9-18,20-21,24-33,36-41,51,53,55,57H,1,8,19,22-23,34-35H2,2-5H3. The van der Waals surface area contributed by atoms with Crippen molar-refractivity contribution in [3.05, 3.63) is 260 Å². The van der Waals surface area contributed by atoms with E-state index in [1.54, 1.807) is 0 Å². The molecule has 0 radical (unpaired) electrons. The number of hydrogen-bond acceptors (Lipinski definition) is 0. The minimum Gasteiger partial charge on any atom is -0.0955 e. The van der Waals surface area contributed by atoms with Gasteiger partial charge in [0.1, 0.15) is 0 Å². The predicted molar refractivity (Wildman–Crippen MR) is 277 cm³/mol. The van der Waals surface area contributed by atoms with Crippen LogP contribution in [0.4, 0.5) is 0 Å². The maximum absolute atomic E-state index is 4.87. The van der Waals surface area contributed by atoms with Gasteiger partial charge in [0.25, 0.3) is 0 Å². The molecule has 4 aromatic rings. The van der Waals surface area contributed by atoms with E-state index in [0.29, 0.717) is 11.8 Å². The second kappa shape index (κ2) is 16.8. The van der Waals surface area contributed by atoms with E-state index < -0.39 is 0 Å². The molecule has 0 bridgehead atoms. The van der Waals surface area contributed by atoms with E-state index >= 15 is 0 Å². The monoisotopic (exact) mass is 840 g/mol. The van der Waals surface area contributed by atoms with Crippen molar-refractivity contribution >= 4 is 33.4 Å². The molecule has 0 fully saturated rings. The van der Waals surface area contributed by atoms with Gasteiger partial charge >= 0.3 is 0 Å². The van der Waals surface area contributed by atoms with Gasteiger partial charge in [-0.15, -0.1) is 0 Å². The SMILES string of the molecule is C=C(CCC1=CCCC(c2ccc(C3=c4ccccc4=C(C4=CC=CCC4)C4C=CC=CC34)cc2)=C1)C1=c2ccccc2=C(C(C)=CC2=C(C)c3ccccc3C2(C)C)C2C=CC=CC12. The van der Waals surface area contributed by atoms with Crippen LogP contribution in [0.3, 0.4) is 0 Å². The summed E-state index contributed by atoms with van der Waals surface area (Å²) in [6.07, 6.45) is 39.4. The Bertz CT molecular complexity index is 3250. The molecule has 0 saturated heterocycles. The van der Waals surface area contributed by atoms with Gasteiger partial charge in [-0.2, -0.15) is 0 Å². The predicted octanol–water partition coefficient (Wildman–Crippen LogP) is 13.2. The minimum atomic E-state index is -0.0423. The number of allylic oxidation sites excluding steroid dienone is 21. The van der Waals surface area contributed by atoms with Gasteiger partial charge in [0, 0.05) is 29.1 Å². The molecule has 0 N–H and O–H groups in total. The fourth-order valence-corrected chi connectivity index (χ4v) is 12.6. The highest BCUT2D eigenvalue weighted by Gasteiger charge is 2.37. The summed E-state index contributed by atoms with van der Waals surface area (Å²) in [4.78, 5) is 0. The zero-order chi connectivity index (χ0) is 44.2. The molecule has 4 atom stereocenters. The highest BCUT2D eigenvalue weighted by Crippen LogP contribution is 2.49. The smallest absolute Gasteiger partial charge is 0.0155 e. The molecule has 7 aliphatic carbocycles. The van der Waals surface area contributed by atoms with Gasteiger partial charge in [0.2, 0.25) is 0 Å². The molecule has 0 heteroatoms. The van der Waals surface area contributed by atoms with E-state index in [2.05, 4.69) is 210 Å². The van der Waals surface area contributed by atoms with Crippen molar-refractivity contribution in [1.82, 2.24) is 0 Å². The lowest BCUT2D eigenvalue weighted by atomic mass is 9.69. The minimum absolute atomic E-state index is 0.0423. The van der Waals surface area contributed by atoms with Gasteiger partial charge in [-0.3, -0.25) is 0 Å². The molecule has 0 aromatic heterocycles. The van der Waals surface area contributed by atoms with E-state index in [0.717, 1.165) is 38.5 Å². The van der Waals surface area contributed by atoms with Gasteiger partial charge in [0.15, 0.2) is 0 Å². The summed E-state index contributed by atoms with van der Waals surface area (Å²) < 4.78 is 0. The Kier molecular flexibility index (Phi) is 10.7. The molecule has 4 aromatic carbocycles. The van der Waals surface area contributed by atoms with Crippen LogP contribution in [0.25, 0.3) is 33.4 Å². The molecule has 0 saturated carbocycles. The first kappa shape index (κ1) is 41.2. The van der Waals surface area contributed by atoms with Gasteiger partial charge in [-0.1, -0.05) is 214 Å². The van der Waals surface area contributed by atoms with Crippen molar-refractivity contribution in [2.24, 2.45) is 23.7 Å². The van der Waals surface area contributed by atoms with Crippen LogP contribution in [0, 0.1) is 23.7 Å². The average molecular weight is 841 g/mol. The summed E-state index contributed by atoms with van der Waals surface area (Å²) >= 11 is 0. The Labute approximate surface area is 386 Å². The van der Waals surface area contributed by atoms with Gasteiger partial charge in [-0.05, 0) is 146 Å². The number of rotatable bonds is 9. The molecule has 0 nitrogen and oxygen atoms in total. The molecule has 11 rings (SSSR count). The molecule has 7 aliphatic rings. The normalized spacial score (nSPS) is 23.6. The molecule has 4 unspecified atom stereocenters. The quantitative estimate of drug-likeness (QED) is 0.157. The van der Waals surface area contributed by atoms with Crippen LogP contribution >= 0.6 is 0 Å². The molecule has 320 valence electrons.